The van der Waals surface area contributed by atoms with Gasteiger partial charge in [-0.15, -0.1) is 35.3 Å². The molecule has 1 aromatic carbocycles. The molecule has 2 aromatic heterocycles. The average molecular weight is 515 g/mol. The molecule has 0 unspecified atom stereocenters. The molecule has 0 radical (unpaired) electrons. The number of benzene rings is 1. The van der Waals surface area contributed by atoms with Crippen LogP contribution in [0.15, 0.2) is 45.3 Å². The maximum Gasteiger partial charge on any atom is 0.226 e. The van der Waals surface area contributed by atoms with Gasteiger partial charge in [-0.2, -0.15) is 0 Å². The van der Waals surface area contributed by atoms with Gasteiger partial charge in [0.15, 0.2) is 5.96 Å². The van der Waals surface area contributed by atoms with E-state index in [9.17, 15) is 4.39 Å². The number of oxazole rings is 1. The molecule has 0 aliphatic carbocycles. The van der Waals surface area contributed by atoms with Gasteiger partial charge in [0.1, 0.15) is 12.1 Å². The van der Waals surface area contributed by atoms with Crippen LogP contribution in [0.25, 0.3) is 11.5 Å². The predicted molar refractivity (Wildman–Crippen MR) is 121 cm³/mol. The van der Waals surface area contributed by atoms with E-state index in [2.05, 4.69) is 31.0 Å². The Kier molecular flexibility index (Phi) is 8.84. The Labute approximate surface area is 184 Å². The fraction of sp³-hybridized carbons (Fsp3) is 0.316. The third-order valence-electron chi connectivity index (χ3n) is 3.88. The highest BCUT2D eigenvalue weighted by Gasteiger charge is 2.07. The van der Waals surface area contributed by atoms with E-state index in [1.54, 1.807) is 36.8 Å². The molecule has 0 aliphatic heterocycles. The normalized spacial score (nSPS) is 11.2. The molecule has 0 saturated carbocycles. The Bertz CT molecular complexity index is 894. The van der Waals surface area contributed by atoms with Crippen molar-refractivity contribution in [3.05, 3.63) is 58.1 Å². The van der Waals surface area contributed by atoms with Gasteiger partial charge >= 0.3 is 0 Å². The summed E-state index contributed by atoms with van der Waals surface area (Å²) in [4.78, 5) is 13.1. The van der Waals surface area contributed by atoms with Crippen LogP contribution in [0.3, 0.4) is 0 Å². The van der Waals surface area contributed by atoms with Gasteiger partial charge in [0, 0.05) is 43.9 Å². The first-order valence-electron chi connectivity index (χ1n) is 8.70. The number of hydrogen-bond donors (Lipinski definition) is 2. The summed E-state index contributed by atoms with van der Waals surface area (Å²) >= 11 is 1.66. The van der Waals surface area contributed by atoms with Crippen molar-refractivity contribution in [2.24, 2.45) is 4.99 Å². The summed E-state index contributed by atoms with van der Waals surface area (Å²) < 4.78 is 18.5. The molecule has 9 heteroatoms. The number of nitrogens with zero attached hydrogens (tertiary/aromatic N) is 3. The number of aryl methyl sites for hydroxylation is 1. The van der Waals surface area contributed by atoms with Gasteiger partial charge in [-0.1, -0.05) is 0 Å². The molecule has 0 bridgehead atoms. The second-order valence-corrected chi connectivity index (χ2v) is 7.00. The summed E-state index contributed by atoms with van der Waals surface area (Å²) in [5, 5.41) is 9.69. The summed E-state index contributed by atoms with van der Waals surface area (Å²) in [5.74, 6) is 0.953. The number of hydrogen-bond acceptors (Lipinski definition) is 5. The molecule has 3 rings (SSSR count). The number of nitrogens with one attached hydrogen (secondary N) is 2. The van der Waals surface area contributed by atoms with Crippen LogP contribution < -0.4 is 10.6 Å². The molecular formula is C19H23FIN5OS. The van der Waals surface area contributed by atoms with Crippen molar-refractivity contribution in [2.75, 3.05) is 20.1 Å². The molecule has 150 valence electrons. The number of guanidine groups is 1. The highest BCUT2D eigenvalue weighted by Crippen LogP contribution is 2.18. The zero-order valence-electron chi connectivity index (χ0n) is 15.7. The summed E-state index contributed by atoms with van der Waals surface area (Å²) in [7, 11) is 1.74. The van der Waals surface area contributed by atoms with E-state index in [4.69, 9.17) is 4.42 Å². The lowest BCUT2D eigenvalue weighted by Crippen LogP contribution is -2.39. The van der Waals surface area contributed by atoms with E-state index in [0.29, 0.717) is 18.9 Å². The predicted octanol–water partition coefficient (Wildman–Crippen LogP) is 3.81. The van der Waals surface area contributed by atoms with E-state index in [1.165, 1.54) is 12.1 Å². The van der Waals surface area contributed by atoms with Gasteiger partial charge in [-0.3, -0.25) is 4.99 Å². The highest BCUT2D eigenvalue weighted by atomic mass is 127. The Morgan fingerprint density at radius 3 is 2.39 bits per heavy atom. The maximum atomic E-state index is 13.0. The van der Waals surface area contributed by atoms with Gasteiger partial charge in [0.25, 0.3) is 0 Å². The summed E-state index contributed by atoms with van der Waals surface area (Å²) in [6.07, 6.45) is 3.17. The van der Waals surface area contributed by atoms with Gasteiger partial charge in [0.05, 0.1) is 16.4 Å². The highest BCUT2D eigenvalue weighted by molar-refractivity contribution is 14.0. The maximum absolute atomic E-state index is 13.0. The van der Waals surface area contributed by atoms with Crippen molar-refractivity contribution in [3.63, 3.8) is 0 Å². The summed E-state index contributed by atoms with van der Waals surface area (Å²) in [6.45, 7) is 3.44. The van der Waals surface area contributed by atoms with E-state index in [1.807, 2.05) is 6.92 Å². The Hall–Kier alpha value is -2.01. The van der Waals surface area contributed by atoms with Gasteiger partial charge in [-0.05, 0) is 31.2 Å². The SMILES string of the molecule is CN=C(NCCc1coc(-c2ccc(F)cc2)n1)NCCc1csc(C)n1.I. The second-order valence-electron chi connectivity index (χ2n) is 5.93. The molecule has 3 aromatic rings. The van der Waals surface area contributed by atoms with Gasteiger partial charge in [-0.25, -0.2) is 14.4 Å². The zero-order valence-corrected chi connectivity index (χ0v) is 18.9. The topological polar surface area (TPSA) is 75.3 Å². The third kappa shape index (κ3) is 6.55. The van der Waals surface area contributed by atoms with Crippen molar-refractivity contribution in [1.82, 2.24) is 20.6 Å². The monoisotopic (exact) mass is 515 g/mol. The Morgan fingerprint density at radius 2 is 1.79 bits per heavy atom. The van der Waals surface area contributed by atoms with Gasteiger partial charge < -0.3 is 15.1 Å². The van der Waals surface area contributed by atoms with E-state index >= 15 is 0 Å². The molecule has 0 aliphatic rings. The van der Waals surface area contributed by atoms with Crippen LogP contribution in [0.1, 0.15) is 16.4 Å². The lowest BCUT2D eigenvalue weighted by atomic mass is 10.2. The lowest BCUT2D eigenvalue weighted by molar-refractivity contribution is 0.571. The number of aliphatic imine (C=N–C) groups is 1. The van der Waals surface area contributed by atoms with Crippen LogP contribution in [0.5, 0.6) is 0 Å². The lowest BCUT2D eigenvalue weighted by Gasteiger charge is -2.10. The third-order valence-corrected chi connectivity index (χ3v) is 4.70. The van der Waals surface area contributed by atoms with Crippen LogP contribution in [0.4, 0.5) is 4.39 Å². The first kappa shape index (κ1) is 22.3. The van der Waals surface area contributed by atoms with E-state index in [-0.39, 0.29) is 29.8 Å². The van der Waals surface area contributed by atoms with Crippen molar-refractivity contribution in [3.8, 4) is 11.5 Å². The summed E-state index contributed by atoms with van der Waals surface area (Å²) in [6, 6.07) is 6.09. The molecule has 2 N–H and O–H groups in total. The smallest absolute Gasteiger partial charge is 0.226 e. The van der Waals surface area contributed by atoms with Crippen molar-refractivity contribution in [2.45, 2.75) is 19.8 Å². The van der Waals surface area contributed by atoms with Crippen LogP contribution in [0.2, 0.25) is 0 Å². The number of rotatable bonds is 7. The minimum Gasteiger partial charge on any atom is -0.444 e. The second kappa shape index (κ2) is 11.1. The van der Waals surface area contributed by atoms with Crippen LogP contribution in [-0.4, -0.2) is 36.1 Å². The van der Waals surface area contributed by atoms with Crippen LogP contribution in [-0.2, 0) is 12.8 Å². The van der Waals surface area contributed by atoms with Crippen molar-refractivity contribution < 1.29 is 8.81 Å². The van der Waals surface area contributed by atoms with Crippen LogP contribution >= 0.6 is 35.3 Å². The molecule has 0 fully saturated rings. The molecule has 0 saturated heterocycles. The Balaban J connectivity index is 0.00000280. The van der Waals surface area contributed by atoms with Gasteiger partial charge in [0.2, 0.25) is 5.89 Å². The standard InChI is InChI=1S/C19H22FN5OS.HI/c1-13-24-17(12-27-13)8-10-23-19(21-2)22-9-7-16-11-26-18(25-16)14-3-5-15(20)6-4-14;/h3-6,11-12H,7-10H2,1-2H3,(H2,21,22,23);1H. The van der Waals surface area contributed by atoms with E-state index < -0.39 is 0 Å². The van der Waals surface area contributed by atoms with Crippen molar-refractivity contribution >= 4 is 41.3 Å². The minimum absolute atomic E-state index is 0. The summed E-state index contributed by atoms with van der Waals surface area (Å²) in [5.41, 5.74) is 2.68. The molecule has 0 atom stereocenters. The number of halogens is 2. The minimum atomic E-state index is -0.279. The molecule has 28 heavy (non-hydrogen) atoms. The number of aromatic nitrogens is 2. The first-order chi connectivity index (χ1) is 13.1. The largest absolute Gasteiger partial charge is 0.444 e. The molecular weight excluding hydrogens is 492 g/mol. The Morgan fingerprint density at radius 1 is 1.11 bits per heavy atom. The first-order valence-corrected chi connectivity index (χ1v) is 9.58. The fourth-order valence-corrected chi connectivity index (χ4v) is 3.16. The molecule has 0 amide bonds. The van der Waals surface area contributed by atoms with Crippen LogP contribution in [0, 0.1) is 12.7 Å². The molecule has 6 nitrogen and oxygen atoms in total. The zero-order chi connectivity index (χ0) is 19.1. The molecule has 0 spiro atoms. The van der Waals surface area contributed by atoms with E-state index in [0.717, 1.165) is 40.9 Å². The quantitative estimate of drug-likeness (QED) is 0.285. The fourth-order valence-electron chi connectivity index (χ4n) is 2.51. The molecule has 2 heterocycles. The average Bonchev–Trinajstić information content (AvgIpc) is 3.30. The number of thiazole rings is 1. The van der Waals surface area contributed by atoms with Crippen molar-refractivity contribution in [1.29, 1.82) is 0 Å².